The lowest BCUT2D eigenvalue weighted by molar-refractivity contribution is 0.668. The summed E-state index contributed by atoms with van der Waals surface area (Å²) >= 11 is 11.0. The summed E-state index contributed by atoms with van der Waals surface area (Å²) < 4.78 is 5.46. The zero-order valence-corrected chi connectivity index (χ0v) is 14.0. The number of aryl methyl sites for hydroxylation is 1. The number of thiophene rings is 2. The summed E-state index contributed by atoms with van der Waals surface area (Å²) in [5, 5.41) is 0. The molecule has 0 bridgehead atoms. The Morgan fingerprint density at radius 1 is 1.12 bits per heavy atom. The van der Waals surface area contributed by atoms with Gasteiger partial charge in [-0.2, -0.15) is 0 Å². The molecule has 0 amide bonds. The molecule has 0 N–H and O–H groups in total. The van der Waals surface area contributed by atoms with Gasteiger partial charge in [-0.3, -0.25) is 0 Å². The van der Waals surface area contributed by atoms with Crippen LogP contribution >= 0.6 is 54.5 Å². The van der Waals surface area contributed by atoms with Crippen molar-refractivity contribution in [3.05, 3.63) is 19.2 Å². The van der Waals surface area contributed by atoms with E-state index in [1.807, 2.05) is 22.7 Å². The number of fused-ring (bicyclic) bond motifs is 1. The maximum Gasteiger partial charge on any atom is 0.0751 e. The molecule has 2 heterocycles. The summed E-state index contributed by atoms with van der Waals surface area (Å²) in [4.78, 5) is 0. The third-order valence-electron chi connectivity index (χ3n) is 2.66. The van der Waals surface area contributed by atoms with Gasteiger partial charge in [-0.1, -0.05) is 26.2 Å². The second kappa shape index (κ2) is 5.98. The van der Waals surface area contributed by atoms with Crippen LogP contribution in [0, 0.1) is 0 Å². The lowest BCUT2D eigenvalue weighted by atomic mass is 10.1. The Hall–Kier alpha value is 0.620. The summed E-state index contributed by atoms with van der Waals surface area (Å²) in [6.07, 6.45) is 6.55. The molecule has 16 heavy (non-hydrogen) atoms. The van der Waals surface area contributed by atoms with E-state index >= 15 is 0 Å². The molecule has 0 saturated carbocycles. The fourth-order valence-electron chi connectivity index (χ4n) is 1.82. The second-order valence-electron chi connectivity index (χ2n) is 3.91. The molecule has 0 aromatic carbocycles. The van der Waals surface area contributed by atoms with Crippen LogP contribution in [0.2, 0.25) is 0 Å². The van der Waals surface area contributed by atoms with Crippen LogP contribution in [0.1, 0.15) is 38.2 Å². The van der Waals surface area contributed by atoms with Crippen molar-refractivity contribution in [3.8, 4) is 0 Å². The van der Waals surface area contributed by atoms with Gasteiger partial charge >= 0.3 is 0 Å². The van der Waals surface area contributed by atoms with Crippen molar-refractivity contribution in [1.82, 2.24) is 0 Å². The summed E-state index contributed by atoms with van der Waals surface area (Å²) in [6.45, 7) is 2.26. The molecule has 0 aliphatic heterocycles. The Kier molecular flexibility index (Phi) is 4.89. The fourth-order valence-corrected chi connectivity index (χ4v) is 5.90. The van der Waals surface area contributed by atoms with E-state index in [9.17, 15) is 0 Å². The first-order valence-corrected chi connectivity index (χ1v) is 8.80. The van der Waals surface area contributed by atoms with Crippen LogP contribution in [-0.4, -0.2) is 0 Å². The molecule has 4 heteroatoms. The van der Waals surface area contributed by atoms with Crippen molar-refractivity contribution < 1.29 is 0 Å². The third kappa shape index (κ3) is 2.89. The quantitative estimate of drug-likeness (QED) is 0.511. The van der Waals surface area contributed by atoms with E-state index in [4.69, 9.17) is 0 Å². The van der Waals surface area contributed by atoms with E-state index in [0.717, 1.165) is 0 Å². The van der Waals surface area contributed by atoms with Crippen LogP contribution in [0.25, 0.3) is 9.40 Å². The molecule has 0 nitrogen and oxygen atoms in total. The standard InChI is InChI=1S/C12H14Br2S2/c1-2-3-4-5-6-8-11-9(15-12(8)14)7-10(13)16-11/h7H,2-6H2,1H3. The lowest BCUT2D eigenvalue weighted by Crippen LogP contribution is -1.83. The molecule has 0 radical (unpaired) electrons. The van der Waals surface area contributed by atoms with Crippen LogP contribution in [-0.2, 0) is 6.42 Å². The SMILES string of the molecule is CCCCCCc1c(Br)sc2cc(Br)sc12. The number of halogens is 2. The van der Waals surface area contributed by atoms with Gasteiger partial charge in [-0.15, -0.1) is 22.7 Å². The van der Waals surface area contributed by atoms with E-state index in [2.05, 4.69) is 44.8 Å². The summed E-state index contributed by atoms with van der Waals surface area (Å²) in [7, 11) is 0. The smallest absolute Gasteiger partial charge is 0.0751 e. The van der Waals surface area contributed by atoms with Crippen molar-refractivity contribution in [2.75, 3.05) is 0 Å². The molecule has 2 aromatic rings. The summed E-state index contributed by atoms with van der Waals surface area (Å²) in [5.41, 5.74) is 1.52. The first-order chi connectivity index (χ1) is 7.72. The fraction of sp³-hybridized carbons (Fsp3) is 0.500. The Balaban J connectivity index is 2.12. The second-order valence-corrected chi connectivity index (χ2v) is 8.71. The molecule has 2 aromatic heterocycles. The zero-order valence-electron chi connectivity index (χ0n) is 9.19. The van der Waals surface area contributed by atoms with Crippen LogP contribution in [0.4, 0.5) is 0 Å². The first kappa shape index (κ1) is 13.1. The van der Waals surface area contributed by atoms with E-state index in [1.165, 1.54) is 54.6 Å². The van der Waals surface area contributed by atoms with Gasteiger partial charge in [0.25, 0.3) is 0 Å². The monoisotopic (exact) mass is 380 g/mol. The van der Waals surface area contributed by atoms with Crippen LogP contribution in [0.5, 0.6) is 0 Å². The highest BCUT2D eigenvalue weighted by molar-refractivity contribution is 9.11. The molecular weight excluding hydrogens is 368 g/mol. The van der Waals surface area contributed by atoms with Gasteiger partial charge in [0.05, 0.1) is 12.3 Å². The molecule has 0 aliphatic carbocycles. The Morgan fingerprint density at radius 2 is 1.94 bits per heavy atom. The van der Waals surface area contributed by atoms with Gasteiger partial charge < -0.3 is 0 Å². The predicted molar refractivity (Wildman–Crippen MR) is 82.9 cm³/mol. The van der Waals surface area contributed by atoms with E-state index in [-0.39, 0.29) is 0 Å². The number of unbranched alkanes of at least 4 members (excludes halogenated alkanes) is 3. The molecule has 0 saturated heterocycles. The van der Waals surface area contributed by atoms with Crippen molar-refractivity contribution in [2.24, 2.45) is 0 Å². The minimum Gasteiger partial charge on any atom is -0.127 e. The molecular formula is C12H14Br2S2. The Labute approximate surface area is 121 Å². The molecule has 0 spiro atoms. The van der Waals surface area contributed by atoms with Crippen molar-refractivity contribution >= 4 is 63.9 Å². The first-order valence-electron chi connectivity index (χ1n) is 5.58. The zero-order chi connectivity index (χ0) is 11.5. The Bertz CT molecular complexity index is 471. The normalized spacial score (nSPS) is 11.4. The largest absolute Gasteiger partial charge is 0.127 e. The van der Waals surface area contributed by atoms with Gasteiger partial charge in [-0.25, -0.2) is 0 Å². The highest BCUT2D eigenvalue weighted by atomic mass is 79.9. The van der Waals surface area contributed by atoms with Gasteiger partial charge in [0, 0.05) is 4.70 Å². The Morgan fingerprint density at radius 3 is 2.69 bits per heavy atom. The summed E-state index contributed by atoms with van der Waals surface area (Å²) in [5.74, 6) is 0. The van der Waals surface area contributed by atoms with E-state index in [1.54, 1.807) is 0 Å². The van der Waals surface area contributed by atoms with Crippen LogP contribution in [0.3, 0.4) is 0 Å². The van der Waals surface area contributed by atoms with Gasteiger partial charge in [0.15, 0.2) is 0 Å². The van der Waals surface area contributed by atoms with E-state index < -0.39 is 0 Å². The highest BCUT2D eigenvalue weighted by Crippen LogP contribution is 2.42. The number of rotatable bonds is 5. The van der Waals surface area contributed by atoms with Crippen molar-refractivity contribution in [1.29, 1.82) is 0 Å². The number of hydrogen-bond acceptors (Lipinski definition) is 2. The van der Waals surface area contributed by atoms with Gasteiger partial charge in [0.2, 0.25) is 0 Å². The minimum absolute atomic E-state index is 1.22. The lowest BCUT2D eigenvalue weighted by Gasteiger charge is -1.99. The van der Waals surface area contributed by atoms with Gasteiger partial charge in [-0.05, 0) is 56.3 Å². The summed E-state index contributed by atoms with van der Waals surface area (Å²) in [6, 6.07) is 2.23. The van der Waals surface area contributed by atoms with Gasteiger partial charge in [0.1, 0.15) is 0 Å². The average molecular weight is 382 g/mol. The minimum atomic E-state index is 1.22. The molecule has 0 fully saturated rings. The third-order valence-corrected chi connectivity index (χ3v) is 6.42. The van der Waals surface area contributed by atoms with Crippen molar-refractivity contribution in [3.63, 3.8) is 0 Å². The topological polar surface area (TPSA) is 0 Å². The van der Waals surface area contributed by atoms with Crippen molar-refractivity contribution in [2.45, 2.75) is 39.0 Å². The van der Waals surface area contributed by atoms with E-state index in [0.29, 0.717) is 0 Å². The van der Waals surface area contributed by atoms with Crippen LogP contribution in [0.15, 0.2) is 13.6 Å². The predicted octanol–water partition coefficient (Wildman–Crippen LogP) is 6.61. The maximum atomic E-state index is 3.69. The highest BCUT2D eigenvalue weighted by Gasteiger charge is 2.12. The molecule has 0 unspecified atom stereocenters. The van der Waals surface area contributed by atoms with Crippen LogP contribution < -0.4 is 0 Å². The maximum absolute atomic E-state index is 3.69. The number of hydrogen-bond donors (Lipinski definition) is 0. The molecule has 0 aliphatic rings. The molecule has 0 atom stereocenters. The molecule has 88 valence electrons. The average Bonchev–Trinajstić information content (AvgIpc) is 2.70. The molecule has 2 rings (SSSR count).